The standard InChI is InChI=1S/C18H26ClFN2O3/c1-3-12-10-14(19)17(25-2)15(16(12)23)18(24)21-11-13-6-4-8-22(13)9-5-7-20/h10,13,23H,3-9,11H2,1-2H3,(H,21,24)/t13-/m0/s1/i20-1. The van der Waals surface area contributed by atoms with E-state index in [2.05, 4.69) is 10.2 Å². The van der Waals surface area contributed by atoms with Crippen molar-refractivity contribution in [1.82, 2.24) is 10.2 Å². The first-order valence-corrected chi connectivity index (χ1v) is 9.07. The summed E-state index contributed by atoms with van der Waals surface area (Å²) >= 11 is 6.18. The number of hydrogen-bond donors (Lipinski definition) is 2. The number of phenols is 1. The maximum atomic E-state index is 12.7. The lowest BCUT2D eigenvalue weighted by Gasteiger charge is -2.24. The van der Waals surface area contributed by atoms with Crippen LogP contribution >= 0.6 is 11.6 Å². The number of amides is 1. The monoisotopic (exact) mass is 371 g/mol. The van der Waals surface area contributed by atoms with Crippen LogP contribution in [0, 0.1) is 0 Å². The lowest BCUT2D eigenvalue weighted by Crippen LogP contribution is -2.40. The molecular formula is C18H26ClFN2O3. The molecule has 1 aromatic rings. The zero-order valence-electron chi connectivity index (χ0n) is 14.8. The quantitative estimate of drug-likeness (QED) is 0.736. The van der Waals surface area contributed by atoms with Gasteiger partial charge >= 0.3 is 0 Å². The zero-order chi connectivity index (χ0) is 18.4. The van der Waals surface area contributed by atoms with Crippen LogP contribution < -0.4 is 10.1 Å². The summed E-state index contributed by atoms with van der Waals surface area (Å²) in [6.07, 6.45) is 3.06. The van der Waals surface area contributed by atoms with Crippen LogP contribution in [-0.4, -0.2) is 55.4 Å². The third-order valence-electron chi connectivity index (χ3n) is 4.67. The van der Waals surface area contributed by atoms with Crippen molar-refractivity contribution in [2.75, 3.05) is 33.4 Å². The second kappa shape index (κ2) is 9.25. The largest absolute Gasteiger partial charge is 0.507 e. The van der Waals surface area contributed by atoms with Gasteiger partial charge in [-0.1, -0.05) is 18.5 Å². The lowest BCUT2D eigenvalue weighted by molar-refractivity contribution is 0.0934. The molecule has 0 saturated carbocycles. The van der Waals surface area contributed by atoms with Crippen molar-refractivity contribution < 1.29 is 19.0 Å². The minimum atomic E-state index is -0.413. The van der Waals surface area contributed by atoms with Gasteiger partial charge in [0.15, 0.2) is 5.75 Å². The number of carbonyl (C=O) groups excluding carboxylic acids is 1. The molecule has 2 N–H and O–H groups in total. The molecule has 140 valence electrons. The van der Waals surface area contributed by atoms with E-state index in [9.17, 15) is 14.3 Å². The Morgan fingerprint density at radius 3 is 2.96 bits per heavy atom. The molecule has 25 heavy (non-hydrogen) atoms. The Hall–Kier alpha value is -1.53. The first-order valence-electron chi connectivity index (χ1n) is 8.70. The van der Waals surface area contributed by atoms with E-state index in [1.54, 1.807) is 6.07 Å². The SMILES string of the molecule is CCc1cc(Cl)c(OC)c(C(=O)NC[C@@H]2CCCN2CCC[18F])c1O. The number of aryl methyl sites for hydroxylation is 1. The van der Waals surface area contributed by atoms with E-state index in [-0.39, 0.29) is 29.8 Å². The highest BCUT2D eigenvalue weighted by atomic mass is 35.5. The molecule has 7 heteroatoms. The van der Waals surface area contributed by atoms with Crippen molar-refractivity contribution in [3.63, 3.8) is 0 Å². The Morgan fingerprint density at radius 1 is 1.56 bits per heavy atom. The van der Waals surface area contributed by atoms with Gasteiger partial charge in [-0.25, -0.2) is 0 Å². The third kappa shape index (κ3) is 4.55. The van der Waals surface area contributed by atoms with Gasteiger partial charge in [0.1, 0.15) is 11.3 Å². The highest BCUT2D eigenvalue weighted by molar-refractivity contribution is 6.33. The highest BCUT2D eigenvalue weighted by Crippen LogP contribution is 2.38. The third-order valence-corrected chi connectivity index (χ3v) is 4.96. The van der Waals surface area contributed by atoms with Crippen LogP contribution in [0.3, 0.4) is 0 Å². The molecule has 0 aromatic heterocycles. The number of methoxy groups -OCH3 is 1. The smallest absolute Gasteiger partial charge is 0.258 e. The van der Waals surface area contributed by atoms with E-state index in [1.165, 1.54) is 7.11 Å². The van der Waals surface area contributed by atoms with Crippen LogP contribution in [0.25, 0.3) is 0 Å². The molecule has 1 aliphatic heterocycles. The normalized spacial score (nSPS) is 17.7. The van der Waals surface area contributed by atoms with Gasteiger partial charge in [0, 0.05) is 19.1 Å². The minimum Gasteiger partial charge on any atom is -0.507 e. The molecule has 5 nitrogen and oxygen atoms in total. The van der Waals surface area contributed by atoms with Crippen LogP contribution in [0.15, 0.2) is 6.07 Å². The maximum Gasteiger partial charge on any atom is 0.258 e. The summed E-state index contributed by atoms with van der Waals surface area (Å²) in [4.78, 5) is 14.9. The Morgan fingerprint density at radius 2 is 2.32 bits per heavy atom. The van der Waals surface area contributed by atoms with Crippen LogP contribution in [0.4, 0.5) is 4.39 Å². The molecule has 0 unspecified atom stereocenters. The molecule has 0 spiro atoms. The van der Waals surface area contributed by atoms with Crippen LogP contribution in [0.2, 0.25) is 5.02 Å². The van der Waals surface area contributed by atoms with Gasteiger partial charge in [0.25, 0.3) is 5.91 Å². The molecule has 0 radical (unpaired) electrons. The molecule has 1 heterocycles. The molecule has 1 fully saturated rings. The summed E-state index contributed by atoms with van der Waals surface area (Å²) < 4.78 is 17.6. The Labute approximate surface area is 153 Å². The van der Waals surface area contributed by atoms with Crippen LogP contribution in [-0.2, 0) is 6.42 Å². The number of phenolic OH excluding ortho intramolecular Hbond substituents is 1. The molecular weight excluding hydrogens is 346 g/mol. The predicted molar refractivity (Wildman–Crippen MR) is 96.6 cm³/mol. The number of rotatable bonds is 8. The summed E-state index contributed by atoms with van der Waals surface area (Å²) in [5.74, 6) is -0.333. The van der Waals surface area contributed by atoms with E-state index in [0.29, 0.717) is 36.5 Å². The number of carbonyl (C=O) groups is 1. The molecule has 1 aliphatic rings. The number of likely N-dealkylation sites (tertiary alicyclic amines) is 1. The summed E-state index contributed by atoms with van der Waals surface area (Å²) in [5, 5.41) is 13.6. The highest BCUT2D eigenvalue weighted by Gasteiger charge is 2.27. The molecule has 1 amide bonds. The molecule has 0 aliphatic carbocycles. The van der Waals surface area contributed by atoms with Gasteiger partial charge in [-0.15, -0.1) is 0 Å². The van der Waals surface area contributed by atoms with Gasteiger partial charge < -0.3 is 15.2 Å². The minimum absolute atomic E-state index is 0.0696. The van der Waals surface area contributed by atoms with Crippen molar-refractivity contribution in [3.8, 4) is 11.5 Å². The predicted octanol–water partition coefficient (Wildman–Crippen LogP) is 3.17. The van der Waals surface area contributed by atoms with Gasteiger partial charge in [0.2, 0.25) is 0 Å². The van der Waals surface area contributed by atoms with Gasteiger partial charge in [-0.2, -0.15) is 0 Å². The number of ether oxygens (including phenoxy) is 1. The van der Waals surface area contributed by atoms with Gasteiger partial charge in [-0.3, -0.25) is 14.1 Å². The maximum absolute atomic E-state index is 12.7. The van der Waals surface area contributed by atoms with E-state index in [0.717, 1.165) is 19.4 Å². The molecule has 2 rings (SSSR count). The first kappa shape index (κ1) is 19.8. The average molecular weight is 372 g/mol. The van der Waals surface area contributed by atoms with Gasteiger partial charge in [-0.05, 0) is 43.9 Å². The number of hydrogen-bond acceptors (Lipinski definition) is 4. The molecule has 1 saturated heterocycles. The fraction of sp³-hybridized carbons (Fsp3) is 0.611. The second-order valence-corrected chi connectivity index (χ2v) is 6.62. The zero-order valence-corrected chi connectivity index (χ0v) is 15.5. The van der Waals surface area contributed by atoms with E-state index >= 15 is 0 Å². The Kier molecular flexibility index (Phi) is 7.32. The number of aromatic hydroxyl groups is 1. The summed E-state index contributed by atoms with van der Waals surface area (Å²) in [6, 6.07) is 1.80. The fourth-order valence-electron chi connectivity index (χ4n) is 3.34. The second-order valence-electron chi connectivity index (χ2n) is 6.21. The van der Waals surface area contributed by atoms with E-state index in [1.807, 2.05) is 6.92 Å². The van der Waals surface area contributed by atoms with Crippen LogP contribution in [0.5, 0.6) is 11.5 Å². The molecule has 1 aromatic carbocycles. The van der Waals surface area contributed by atoms with Crippen molar-refractivity contribution >= 4 is 17.5 Å². The number of nitrogens with one attached hydrogen (secondary N) is 1. The topological polar surface area (TPSA) is 61.8 Å². The number of nitrogens with zero attached hydrogens (tertiary/aromatic N) is 1. The first-order chi connectivity index (χ1) is 12.0. The van der Waals surface area contributed by atoms with Crippen molar-refractivity contribution in [2.45, 2.75) is 38.6 Å². The summed E-state index contributed by atoms with van der Waals surface area (Å²) in [5.41, 5.74) is 0.668. The van der Waals surface area contributed by atoms with Crippen molar-refractivity contribution in [2.24, 2.45) is 0 Å². The number of halogens is 2. The summed E-state index contributed by atoms with van der Waals surface area (Å²) in [7, 11) is 1.42. The fourth-order valence-corrected chi connectivity index (χ4v) is 3.64. The number of alkyl halides is 1. The molecule has 0 bridgehead atoms. The molecule has 1 atom stereocenters. The Bertz CT molecular complexity index is 612. The van der Waals surface area contributed by atoms with E-state index in [4.69, 9.17) is 16.3 Å². The lowest BCUT2D eigenvalue weighted by atomic mass is 10.0. The summed E-state index contributed by atoms with van der Waals surface area (Å²) in [6.45, 7) is 3.61. The van der Waals surface area contributed by atoms with Crippen LogP contribution in [0.1, 0.15) is 42.1 Å². The number of benzene rings is 1. The average Bonchev–Trinajstić information content (AvgIpc) is 3.06. The van der Waals surface area contributed by atoms with E-state index < -0.39 is 5.91 Å². The van der Waals surface area contributed by atoms with Crippen molar-refractivity contribution in [3.05, 3.63) is 22.2 Å². The Balaban J connectivity index is 2.11. The van der Waals surface area contributed by atoms with Gasteiger partial charge in [0.05, 0.1) is 18.8 Å². The van der Waals surface area contributed by atoms with Crippen molar-refractivity contribution in [1.29, 1.82) is 0 Å².